The van der Waals surface area contributed by atoms with E-state index in [9.17, 15) is 0 Å². The van der Waals surface area contributed by atoms with Gasteiger partial charge in [0.25, 0.3) is 0 Å². The Bertz CT molecular complexity index is 105. The fraction of sp³-hybridized carbons (Fsp3) is 1.00. The fourth-order valence-electron chi connectivity index (χ4n) is 2.01. The molecule has 2 heteroatoms. The Morgan fingerprint density at radius 1 is 0.818 bits per heavy atom. The lowest BCUT2D eigenvalue weighted by molar-refractivity contribution is 0.662. The molecule has 0 aliphatic carbocycles. The Hall–Kier alpha value is 0.882. The Morgan fingerprint density at radius 3 is 1.09 bits per heavy atom. The predicted octanol–water partition coefficient (Wildman–Crippen LogP) is 3.94. The van der Waals surface area contributed by atoms with Crippen LogP contribution in [0.3, 0.4) is 0 Å². The third-order valence-corrected chi connectivity index (χ3v) is 11.1. The molecular weight excluding hydrogens is 167 g/mol. The highest BCUT2D eigenvalue weighted by atomic mass is 32.3. The van der Waals surface area contributed by atoms with Gasteiger partial charge < -0.3 is 0 Å². The van der Waals surface area contributed by atoms with Crippen LogP contribution in [0, 0.1) is 0 Å². The van der Waals surface area contributed by atoms with Crippen molar-refractivity contribution in [2.75, 3.05) is 6.26 Å². The largest absolute Gasteiger partial charge is 0.360 e. The van der Waals surface area contributed by atoms with Crippen LogP contribution in [0.1, 0.15) is 41.5 Å². The van der Waals surface area contributed by atoms with Gasteiger partial charge in [-0.3, -0.25) is 10.1 Å². The van der Waals surface area contributed by atoms with E-state index in [1.165, 1.54) is 0 Å². The molecule has 0 nitrogen and oxygen atoms in total. The van der Waals surface area contributed by atoms with Crippen LogP contribution in [0.15, 0.2) is 0 Å². The lowest BCUT2D eigenvalue weighted by Crippen LogP contribution is -2.31. The summed E-state index contributed by atoms with van der Waals surface area (Å²) in [7, 11) is 2.12. The normalized spacial score (nSPS) is 13.4. The molecule has 0 saturated carbocycles. The molecule has 0 bridgehead atoms. The van der Waals surface area contributed by atoms with Gasteiger partial charge in [-0.25, -0.2) is 0 Å². The van der Waals surface area contributed by atoms with Crippen LogP contribution >= 0.6 is 10.1 Å². The third-order valence-electron chi connectivity index (χ3n) is 1.81. The molecule has 0 aliphatic rings. The van der Waals surface area contributed by atoms with Gasteiger partial charge in [-0.05, 0) is 6.26 Å². The van der Waals surface area contributed by atoms with Gasteiger partial charge in [-0.15, -0.1) is 0 Å². The molecule has 0 heterocycles. The van der Waals surface area contributed by atoms with Crippen molar-refractivity contribution in [3.05, 3.63) is 0 Å². The molecule has 0 aromatic carbocycles. The van der Waals surface area contributed by atoms with Crippen LogP contribution in [-0.2, 0) is 0 Å². The van der Waals surface area contributed by atoms with Crippen molar-refractivity contribution in [3.8, 4) is 0 Å². The molecule has 0 rings (SSSR count). The molecule has 66 valence electrons. The molecule has 0 atom stereocenters. The maximum Gasteiger partial charge on any atom is 0.360 e. The fourth-order valence-corrected chi connectivity index (χ4v) is 10.3. The lowest BCUT2D eigenvalue weighted by Gasteiger charge is -2.34. The van der Waals surface area contributed by atoms with Gasteiger partial charge in [0.05, 0.1) is 0 Å². The number of hydrogen-bond acceptors (Lipinski definition) is 1. The van der Waals surface area contributed by atoms with Gasteiger partial charge in [0.15, 0.2) is 0 Å². The van der Waals surface area contributed by atoms with Crippen molar-refractivity contribution in [1.29, 1.82) is 0 Å². The molecule has 0 N–H and O–H groups in total. The first-order valence-corrected chi connectivity index (χ1v) is 8.08. The highest BCUT2D eigenvalue weighted by Crippen LogP contribution is 2.46. The quantitative estimate of drug-likeness (QED) is 0.562. The summed E-state index contributed by atoms with van der Waals surface area (Å²) in [6.07, 6.45) is 2.27. The zero-order chi connectivity index (χ0) is 9.28. The Balaban J connectivity index is 4.43. The maximum atomic E-state index is 2.38. The first-order valence-electron chi connectivity index (χ1n) is 4.22. The van der Waals surface area contributed by atoms with E-state index in [0.29, 0.717) is 8.55 Å². The summed E-state index contributed by atoms with van der Waals surface area (Å²) in [5, 5.41) is 0. The van der Waals surface area contributed by atoms with Crippen molar-refractivity contribution in [1.82, 2.24) is 0 Å². The van der Waals surface area contributed by atoms with E-state index < -0.39 is 13.0 Å². The van der Waals surface area contributed by atoms with E-state index in [4.69, 9.17) is 0 Å². The minimum absolute atomic E-state index is 0.553. The lowest BCUT2D eigenvalue weighted by atomic mass is 10.2. The van der Waals surface area contributed by atoms with E-state index in [1.807, 2.05) is 0 Å². The number of rotatable bonds is 1. The van der Waals surface area contributed by atoms with Crippen LogP contribution in [0.25, 0.3) is 0 Å². The van der Waals surface area contributed by atoms with Gasteiger partial charge in [-0.2, -0.15) is 0 Å². The van der Waals surface area contributed by atoms with Crippen LogP contribution in [-0.4, -0.2) is 19.3 Å². The van der Waals surface area contributed by atoms with Crippen molar-refractivity contribution < 1.29 is 0 Å². The van der Waals surface area contributed by atoms with E-state index in [0.717, 1.165) is 0 Å². The first-order chi connectivity index (χ1) is 4.69. The average Bonchev–Trinajstić information content (AvgIpc) is 1.56. The highest BCUT2D eigenvalue weighted by molar-refractivity contribution is 8.25. The molecule has 0 aromatic rings. The molecule has 0 aliphatic heterocycles. The minimum Gasteiger partial charge on any atom is -0.258 e. The molecular formula is C9H21AlS. The van der Waals surface area contributed by atoms with Crippen LogP contribution < -0.4 is 0 Å². The van der Waals surface area contributed by atoms with E-state index in [1.54, 1.807) is 0 Å². The van der Waals surface area contributed by atoms with Crippen LogP contribution in [0.5, 0.6) is 0 Å². The Morgan fingerprint density at radius 2 is 1.09 bits per heavy atom. The maximum absolute atomic E-state index is 2.38. The van der Waals surface area contributed by atoms with Crippen LogP contribution in [0.4, 0.5) is 0 Å². The molecule has 0 spiro atoms. The molecule has 0 radical (unpaired) electrons. The second-order valence-electron chi connectivity index (χ2n) is 5.35. The molecule has 0 saturated heterocycles. The second kappa shape index (κ2) is 3.73. The van der Waals surface area contributed by atoms with Gasteiger partial charge >= 0.3 is 13.0 Å². The molecule has 11 heavy (non-hydrogen) atoms. The van der Waals surface area contributed by atoms with E-state index in [2.05, 4.69) is 57.9 Å². The van der Waals surface area contributed by atoms with E-state index >= 15 is 0 Å². The van der Waals surface area contributed by atoms with Crippen molar-refractivity contribution in [3.63, 3.8) is 0 Å². The molecule has 0 fully saturated rings. The SMILES string of the molecule is C[S][Al]([C](C)(C)C)[C](C)(C)C. The van der Waals surface area contributed by atoms with Gasteiger partial charge in [-0.1, -0.05) is 50.1 Å². The topological polar surface area (TPSA) is 0 Å². The summed E-state index contributed by atoms with van der Waals surface area (Å²) < 4.78 is 1.11. The summed E-state index contributed by atoms with van der Waals surface area (Å²) in [6.45, 7) is 14.3. The summed E-state index contributed by atoms with van der Waals surface area (Å²) >= 11 is -0.673. The Labute approximate surface area is 79.6 Å². The second-order valence-corrected chi connectivity index (χ2v) is 12.9. The van der Waals surface area contributed by atoms with Gasteiger partial charge in [0.2, 0.25) is 0 Å². The highest BCUT2D eigenvalue weighted by Gasteiger charge is 2.40. The molecule has 0 amide bonds. The van der Waals surface area contributed by atoms with Crippen LogP contribution in [0.2, 0.25) is 8.55 Å². The monoisotopic (exact) mass is 188 g/mol. The van der Waals surface area contributed by atoms with Gasteiger partial charge in [0.1, 0.15) is 0 Å². The summed E-state index contributed by atoms with van der Waals surface area (Å²) in [5.74, 6) is 0. The zero-order valence-electron chi connectivity index (χ0n) is 8.99. The van der Waals surface area contributed by atoms with E-state index in [-0.39, 0.29) is 0 Å². The van der Waals surface area contributed by atoms with Crippen molar-refractivity contribution >= 4 is 23.1 Å². The zero-order valence-corrected chi connectivity index (χ0v) is 11.0. The Kier molecular flexibility index (Phi) is 4.03. The molecule has 0 aromatic heterocycles. The van der Waals surface area contributed by atoms with Crippen molar-refractivity contribution in [2.45, 2.75) is 50.1 Å². The smallest absolute Gasteiger partial charge is 0.258 e. The average molecular weight is 188 g/mol. The first kappa shape index (κ1) is 11.9. The summed E-state index contributed by atoms with van der Waals surface area (Å²) in [5.41, 5.74) is 0. The third kappa shape index (κ3) is 3.88. The predicted molar refractivity (Wildman–Crippen MR) is 58.7 cm³/mol. The van der Waals surface area contributed by atoms with Crippen molar-refractivity contribution in [2.24, 2.45) is 0 Å². The van der Waals surface area contributed by atoms with Gasteiger partial charge in [0, 0.05) is 0 Å². The minimum atomic E-state index is -0.673. The summed E-state index contributed by atoms with van der Waals surface area (Å²) in [4.78, 5) is 0. The standard InChI is InChI=1S/2C4H9.CH4S.Al/c2*1-4(2)3;1-2;/h2*1-3H3;2H,1H3;/q;;;+1/p-1. The summed E-state index contributed by atoms with van der Waals surface area (Å²) in [6, 6.07) is 0. The molecule has 0 unspecified atom stereocenters. The number of hydrogen-bond donors (Lipinski definition) is 0.